The SMILES string of the molecule is C=C1CC[C@@H]2C[C@H](N)C[C@H]1N2C. The van der Waals surface area contributed by atoms with Crippen LogP contribution in [0, 0.1) is 0 Å². The molecule has 0 spiro atoms. The summed E-state index contributed by atoms with van der Waals surface area (Å²) < 4.78 is 0. The van der Waals surface area contributed by atoms with Crippen LogP contribution in [0.1, 0.15) is 25.7 Å². The summed E-state index contributed by atoms with van der Waals surface area (Å²) in [4.78, 5) is 2.47. The van der Waals surface area contributed by atoms with Crippen molar-refractivity contribution in [2.24, 2.45) is 5.73 Å². The zero-order valence-corrected chi connectivity index (χ0v) is 7.79. The molecule has 2 nitrogen and oxygen atoms in total. The van der Waals surface area contributed by atoms with Crippen LogP contribution >= 0.6 is 0 Å². The number of hydrogen-bond acceptors (Lipinski definition) is 2. The van der Waals surface area contributed by atoms with E-state index >= 15 is 0 Å². The quantitative estimate of drug-likeness (QED) is 0.546. The fraction of sp³-hybridized carbons (Fsp3) is 0.800. The van der Waals surface area contributed by atoms with Crippen molar-refractivity contribution in [2.45, 2.75) is 43.8 Å². The highest BCUT2D eigenvalue weighted by Crippen LogP contribution is 2.34. The molecule has 0 radical (unpaired) electrons. The second-order valence-corrected chi connectivity index (χ2v) is 4.26. The van der Waals surface area contributed by atoms with Gasteiger partial charge in [-0.05, 0) is 32.7 Å². The van der Waals surface area contributed by atoms with E-state index in [0.717, 1.165) is 12.5 Å². The van der Waals surface area contributed by atoms with E-state index in [0.29, 0.717) is 12.1 Å². The van der Waals surface area contributed by atoms with E-state index in [9.17, 15) is 0 Å². The van der Waals surface area contributed by atoms with Gasteiger partial charge < -0.3 is 5.73 Å². The number of piperidine rings is 2. The van der Waals surface area contributed by atoms with E-state index in [4.69, 9.17) is 5.73 Å². The molecule has 0 unspecified atom stereocenters. The predicted molar refractivity (Wildman–Crippen MR) is 50.9 cm³/mol. The first kappa shape index (κ1) is 8.27. The number of likely N-dealkylation sites (N-methyl/N-ethyl adjacent to an activating group) is 1. The molecular formula is C10H18N2. The molecule has 2 bridgehead atoms. The fourth-order valence-corrected chi connectivity index (χ4v) is 2.61. The lowest BCUT2D eigenvalue weighted by molar-refractivity contribution is 0.0915. The lowest BCUT2D eigenvalue weighted by Gasteiger charge is -2.47. The van der Waals surface area contributed by atoms with E-state index < -0.39 is 0 Å². The monoisotopic (exact) mass is 166 g/mol. The molecule has 68 valence electrons. The molecule has 2 heterocycles. The van der Waals surface area contributed by atoms with Crippen LogP contribution < -0.4 is 5.73 Å². The Kier molecular flexibility index (Phi) is 1.97. The summed E-state index contributed by atoms with van der Waals surface area (Å²) in [7, 11) is 2.21. The molecule has 2 heteroatoms. The molecule has 0 amide bonds. The molecule has 2 aliphatic rings. The van der Waals surface area contributed by atoms with Crippen LogP contribution in [-0.2, 0) is 0 Å². The lowest BCUT2D eigenvalue weighted by Crippen LogP contribution is -2.54. The Morgan fingerprint density at radius 3 is 3.00 bits per heavy atom. The Hall–Kier alpha value is -0.340. The topological polar surface area (TPSA) is 29.3 Å². The molecule has 0 aromatic rings. The van der Waals surface area contributed by atoms with E-state index in [1.54, 1.807) is 0 Å². The van der Waals surface area contributed by atoms with Gasteiger partial charge in [-0.1, -0.05) is 12.2 Å². The lowest BCUT2D eigenvalue weighted by atomic mass is 9.80. The summed E-state index contributed by atoms with van der Waals surface area (Å²) in [5.74, 6) is 0. The van der Waals surface area contributed by atoms with Crippen LogP contribution in [0.25, 0.3) is 0 Å². The van der Waals surface area contributed by atoms with Gasteiger partial charge in [-0.3, -0.25) is 4.90 Å². The van der Waals surface area contributed by atoms with Crippen LogP contribution in [0.15, 0.2) is 12.2 Å². The second kappa shape index (κ2) is 2.86. The highest BCUT2D eigenvalue weighted by Gasteiger charge is 2.36. The third-order valence-electron chi connectivity index (χ3n) is 3.44. The van der Waals surface area contributed by atoms with Crippen molar-refractivity contribution in [1.29, 1.82) is 0 Å². The highest BCUT2D eigenvalue weighted by atomic mass is 15.2. The summed E-state index contributed by atoms with van der Waals surface area (Å²) >= 11 is 0. The van der Waals surface area contributed by atoms with Crippen LogP contribution in [-0.4, -0.2) is 30.1 Å². The first-order chi connectivity index (χ1) is 5.68. The van der Waals surface area contributed by atoms with Gasteiger partial charge in [0.1, 0.15) is 0 Å². The van der Waals surface area contributed by atoms with Crippen molar-refractivity contribution in [2.75, 3.05) is 7.05 Å². The van der Waals surface area contributed by atoms with E-state index in [-0.39, 0.29) is 0 Å². The summed E-state index contributed by atoms with van der Waals surface area (Å²) in [5.41, 5.74) is 7.37. The molecule has 2 fully saturated rings. The van der Waals surface area contributed by atoms with Gasteiger partial charge in [0.05, 0.1) is 0 Å². The normalized spacial score (nSPS) is 43.2. The minimum absolute atomic E-state index is 0.410. The molecule has 12 heavy (non-hydrogen) atoms. The zero-order chi connectivity index (χ0) is 8.72. The van der Waals surface area contributed by atoms with Gasteiger partial charge in [0.2, 0.25) is 0 Å². The van der Waals surface area contributed by atoms with Crippen LogP contribution in [0.5, 0.6) is 0 Å². The number of nitrogens with two attached hydrogens (primary N) is 1. The Labute approximate surface area is 74.4 Å². The van der Waals surface area contributed by atoms with E-state index in [2.05, 4.69) is 18.5 Å². The maximum Gasteiger partial charge on any atom is 0.0319 e. The first-order valence-corrected chi connectivity index (χ1v) is 4.83. The Morgan fingerprint density at radius 2 is 2.25 bits per heavy atom. The molecule has 2 N–H and O–H groups in total. The molecule has 3 atom stereocenters. The molecule has 0 aromatic carbocycles. The maximum absolute atomic E-state index is 5.98. The molecule has 2 aliphatic heterocycles. The summed E-state index contributed by atoms with van der Waals surface area (Å²) in [6.07, 6.45) is 4.78. The summed E-state index contributed by atoms with van der Waals surface area (Å²) in [5, 5.41) is 0. The minimum atomic E-state index is 0.410. The second-order valence-electron chi connectivity index (χ2n) is 4.26. The van der Waals surface area contributed by atoms with E-state index in [1.165, 1.54) is 24.8 Å². The Balaban J connectivity index is 2.16. The molecule has 0 saturated carbocycles. The minimum Gasteiger partial charge on any atom is -0.328 e. The maximum atomic E-state index is 5.98. The number of hydrogen-bond donors (Lipinski definition) is 1. The van der Waals surface area contributed by atoms with Gasteiger partial charge in [-0.15, -0.1) is 0 Å². The van der Waals surface area contributed by atoms with Gasteiger partial charge in [0, 0.05) is 18.1 Å². The van der Waals surface area contributed by atoms with Gasteiger partial charge >= 0.3 is 0 Å². The van der Waals surface area contributed by atoms with Crippen molar-refractivity contribution < 1.29 is 0 Å². The molecule has 2 rings (SSSR count). The zero-order valence-electron chi connectivity index (χ0n) is 7.79. The van der Waals surface area contributed by atoms with Crippen molar-refractivity contribution in [1.82, 2.24) is 4.90 Å². The summed E-state index contributed by atoms with van der Waals surface area (Å²) in [6.45, 7) is 4.12. The van der Waals surface area contributed by atoms with Crippen LogP contribution in [0.3, 0.4) is 0 Å². The molecule has 0 aromatic heterocycles. The van der Waals surface area contributed by atoms with Crippen molar-refractivity contribution in [3.05, 3.63) is 12.2 Å². The standard InChI is InChI=1S/C10H18N2/c1-7-3-4-9-5-8(11)6-10(7)12(9)2/h8-10H,1,3-6,11H2,2H3/t8-,9+,10+/m0/s1. The molecule has 2 saturated heterocycles. The summed E-state index contributed by atoms with van der Waals surface area (Å²) in [6, 6.07) is 1.71. The molecular weight excluding hydrogens is 148 g/mol. The average Bonchev–Trinajstić information content (AvgIpc) is 2.01. The van der Waals surface area contributed by atoms with Crippen LogP contribution in [0.2, 0.25) is 0 Å². The number of rotatable bonds is 0. The van der Waals surface area contributed by atoms with Crippen LogP contribution in [0.4, 0.5) is 0 Å². The van der Waals surface area contributed by atoms with Gasteiger partial charge in [-0.2, -0.15) is 0 Å². The third kappa shape index (κ3) is 1.19. The van der Waals surface area contributed by atoms with Crippen molar-refractivity contribution in [3.63, 3.8) is 0 Å². The Morgan fingerprint density at radius 1 is 1.50 bits per heavy atom. The number of nitrogens with zero attached hydrogens (tertiary/aromatic N) is 1. The smallest absolute Gasteiger partial charge is 0.0319 e. The average molecular weight is 166 g/mol. The van der Waals surface area contributed by atoms with Gasteiger partial charge in [0.15, 0.2) is 0 Å². The fourth-order valence-electron chi connectivity index (χ4n) is 2.61. The third-order valence-corrected chi connectivity index (χ3v) is 3.44. The first-order valence-electron chi connectivity index (χ1n) is 4.83. The van der Waals surface area contributed by atoms with Crippen molar-refractivity contribution >= 4 is 0 Å². The van der Waals surface area contributed by atoms with E-state index in [1.807, 2.05) is 0 Å². The number of fused-ring (bicyclic) bond motifs is 2. The Bertz CT molecular complexity index is 200. The largest absolute Gasteiger partial charge is 0.328 e. The predicted octanol–water partition coefficient (Wildman–Crippen LogP) is 1.13. The molecule has 0 aliphatic carbocycles. The van der Waals surface area contributed by atoms with Gasteiger partial charge in [-0.25, -0.2) is 0 Å². The van der Waals surface area contributed by atoms with Gasteiger partial charge in [0.25, 0.3) is 0 Å². The van der Waals surface area contributed by atoms with Crippen molar-refractivity contribution in [3.8, 4) is 0 Å². The highest BCUT2D eigenvalue weighted by molar-refractivity contribution is 5.14.